The molecule has 1 atom stereocenters. The van der Waals surface area contributed by atoms with Gasteiger partial charge < -0.3 is 5.32 Å². The topological polar surface area (TPSA) is 57.1 Å². The van der Waals surface area contributed by atoms with Gasteiger partial charge in [-0.2, -0.15) is 10.2 Å². The van der Waals surface area contributed by atoms with Crippen LogP contribution in [0.25, 0.3) is 0 Å². The molecule has 1 saturated heterocycles. The molecule has 0 radical (unpaired) electrons. The first-order chi connectivity index (χ1) is 9.65. The third-order valence-corrected chi connectivity index (χ3v) is 4.16. The van der Waals surface area contributed by atoms with E-state index in [2.05, 4.69) is 33.3 Å². The first kappa shape index (κ1) is 15.0. The minimum atomic E-state index is -0.343. The molecule has 0 aliphatic carbocycles. The molecule has 20 heavy (non-hydrogen) atoms. The van der Waals surface area contributed by atoms with Crippen LogP contribution in [0, 0.1) is 12.3 Å². The first-order valence-corrected chi connectivity index (χ1v) is 7.53. The average Bonchev–Trinajstić information content (AvgIpc) is 3.00. The van der Waals surface area contributed by atoms with E-state index in [0.717, 1.165) is 26.1 Å². The van der Waals surface area contributed by atoms with E-state index in [1.165, 1.54) is 12.8 Å². The van der Waals surface area contributed by atoms with Crippen LogP contribution in [-0.4, -0.2) is 42.1 Å². The lowest BCUT2D eigenvalue weighted by Crippen LogP contribution is -2.40. The lowest BCUT2D eigenvalue weighted by molar-refractivity contribution is -0.121. The molecule has 0 bridgehead atoms. The summed E-state index contributed by atoms with van der Waals surface area (Å²) in [4.78, 5) is 14.3. The van der Waals surface area contributed by atoms with Crippen LogP contribution in [0.2, 0.25) is 0 Å². The fourth-order valence-corrected chi connectivity index (χ4v) is 2.64. The van der Waals surface area contributed by atoms with Crippen molar-refractivity contribution in [2.45, 2.75) is 57.2 Å². The number of rotatable bonds is 8. The molecule has 2 heterocycles. The van der Waals surface area contributed by atoms with Crippen molar-refractivity contribution in [3.8, 4) is 12.3 Å². The number of likely N-dealkylation sites (tertiary alicyclic amines) is 1. The van der Waals surface area contributed by atoms with Gasteiger partial charge in [0.1, 0.15) is 0 Å². The molecule has 0 aromatic rings. The lowest BCUT2D eigenvalue weighted by atomic mass is 10.0. The summed E-state index contributed by atoms with van der Waals surface area (Å²) in [6, 6.07) is 0.423. The van der Waals surface area contributed by atoms with Gasteiger partial charge in [-0.25, -0.2) is 0 Å². The van der Waals surface area contributed by atoms with Crippen molar-refractivity contribution in [1.29, 1.82) is 0 Å². The number of hydrogen-bond acceptors (Lipinski definition) is 4. The Kier molecular flexibility index (Phi) is 5.13. The lowest BCUT2D eigenvalue weighted by Gasteiger charge is -2.23. The molecule has 1 amide bonds. The number of amides is 1. The van der Waals surface area contributed by atoms with E-state index in [-0.39, 0.29) is 11.6 Å². The Balaban J connectivity index is 1.60. The maximum atomic E-state index is 11.9. The van der Waals surface area contributed by atoms with Crippen LogP contribution in [0.1, 0.15) is 45.4 Å². The van der Waals surface area contributed by atoms with Crippen LogP contribution < -0.4 is 5.32 Å². The molecule has 0 spiro atoms. The largest absolute Gasteiger partial charge is 0.355 e. The summed E-state index contributed by atoms with van der Waals surface area (Å²) in [6.07, 6.45) is 10.4. The summed E-state index contributed by atoms with van der Waals surface area (Å²) >= 11 is 0. The van der Waals surface area contributed by atoms with Gasteiger partial charge in [-0.05, 0) is 32.9 Å². The van der Waals surface area contributed by atoms with Gasteiger partial charge in [0, 0.05) is 38.3 Å². The highest BCUT2D eigenvalue weighted by Crippen LogP contribution is 2.37. The van der Waals surface area contributed by atoms with E-state index in [9.17, 15) is 4.79 Å². The van der Waals surface area contributed by atoms with Crippen molar-refractivity contribution in [2.24, 2.45) is 10.2 Å². The van der Waals surface area contributed by atoms with Gasteiger partial charge in [-0.15, -0.1) is 12.3 Å². The predicted octanol–water partition coefficient (Wildman–Crippen LogP) is 1.94. The molecular formula is C15H24N4O. The third-order valence-electron chi connectivity index (χ3n) is 4.16. The van der Waals surface area contributed by atoms with Crippen LogP contribution >= 0.6 is 0 Å². The van der Waals surface area contributed by atoms with E-state index in [0.29, 0.717) is 25.3 Å². The summed E-state index contributed by atoms with van der Waals surface area (Å²) in [6.45, 7) is 5.21. The summed E-state index contributed by atoms with van der Waals surface area (Å²) in [5.74, 6) is 2.69. The van der Waals surface area contributed by atoms with Crippen molar-refractivity contribution in [1.82, 2.24) is 10.2 Å². The van der Waals surface area contributed by atoms with E-state index >= 15 is 0 Å². The second-order valence-electron chi connectivity index (χ2n) is 5.78. The van der Waals surface area contributed by atoms with E-state index in [1.807, 2.05) is 0 Å². The molecule has 2 aliphatic rings. The Morgan fingerprint density at radius 3 is 2.70 bits per heavy atom. The molecule has 5 nitrogen and oxygen atoms in total. The maximum Gasteiger partial charge on any atom is 0.220 e. The molecule has 110 valence electrons. The highest BCUT2D eigenvalue weighted by atomic mass is 16.1. The zero-order valence-electron chi connectivity index (χ0n) is 12.3. The number of nitrogens with one attached hydrogen (secondary N) is 1. The van der Waals surface area contributed by atoms with Crippen LogP contribution in [0.4, 0.5) is 0 Å². The molecule has 0 aromatic carbocycles. The monoisotopic (exact) mass is 276 g/mol. The van der Waals surface area contributed by atoms with Gasteiger partial charge in [-0.1, -0.05) is 0 Å². The zero-order valence-corrected chi connectivity index (χ0v) is 12.3. The fraction of sp³-hybridized carbons (Fsp3) is 0.800. The Labute approximate surface area is 121 Å². The second-order valence-corrected chi connectivity index (χ2v) is 5.78. The molecule has 0 saturated carbocycles. The molecule has 1 unspecified atom stereocenters. The highest BCUT2D eigenvalue weighted by Gasteiger charge is 2.39. The maximum absolute atomic E-state index is 11.9. The van der Waals surface area contributed by atoms with Gasteiger partial charge in [0.25, 0.3) is 0 Å². The van der Waals surface area contributed by atoms with Crippen molar-refractivity contribution in [3.63, 3.8) is 0 Å². The van der Waals surface area contributed by atoms with Crippen LogP contribution in [0.3, 0.4) is 0 Å². The summed E-state index contributed by atoms with van der Waals surface area (Å²) in [5, 5.41) is 11.1. The molecule has 2 rings (SSSR count). The molecule has 1 N–H and O–H groups in total. The first-order valence-electron chi connectivity index (χ1n) is 7.53. The summed E-state index contributed by atoms with van der Waals surface area (Å²) in [7, 11) is 0. The number of nitrogens with zero attached hydrogens (tertiary/aromatic N) is 3. The average molecular weight is 276 g/mol. The fourth-order valence-electron chi connectivity index (χ4n) is 2.64. The quantitative estimate of drug-likeness (QED) is 0.689. The summed E-state index contributed by atoms with van der Waals surface area (Å²) < 4.78 is 0. The van der Waals surface area contributed by atoms with Crippen molar-refractivity contribution in [3.05, 3.63) is 0 Å². The summed E-state index contributed by atoms with van der Waals surface area (Å²) in [5.41, 5.74) is -0.343. The standard InChI is InChI=1S/C15H24N4O/c1-3-4-8-15(17-18-15)9-7-14(20)16-12-13(2)19-10-5-6-11-19/h1,13H,4-12H2,2H3,(H,16,20). The Morgan fingerprint density at radius 2 is 2.10 bits per heavy atom. The van der Waals surface area contributed by atoms with E-state index < -0.39 is 0 Å². The van der Waals surface area contributed by atoms with Gasteiger partial charge in [0.2, 0.25) is 5.91 Å². The van der Waals surface area contributed by atoms with Gasteiger partial charge in [0.15, 0.2) is 5.66 Å². The molecule has 5 heteroatoms. The minimum Gasteiger partial charge on any atom is -0.355 e. The number of carbonyl (C=O) groups excluding carboxylic acids is 1. The normalized spacial score (nSPS) is 21.4. The highest BCUT2D eigenvalue weighted by molar-refractivity contribution is 5.76. The van der Waals surface area contributed by atoms with E-state index in [4.69, 9.17) is 6.42 Å². The van der Waals surface area contributed by atoms with Crippen molar-refractivity contribution in [2.75, 3.05) is 19.6 Å². The van der Waals surface area contributed by atoms with Gasteiger partial charge >= 0.3 is 0 Å². The number of terminal acetylenes is 1. The molecule has 2 aliphatic heterocycles. The Morgan fingerprint density at radius 1 is 1.40 bits per heavy atom. The van der Waals surface area contributed by atoms with Crippen molar-refractivity contribution < 1.29 is 4.79 Å². The van der Waals surface area contributed by atoms with Crippen molar-refractivity contribution >= 4 is 5.91 Å². The molecule has 0 aromatic heterocycles. The zero-order chi connectivity index (χ0) is 14.4. The van der Waals surface area contributed by atoms with Gasteiger partial charge in [0.05, 0.1) is 0 Å². The third kappa shape index (κ3) is 4.31. The minimum absolute atomic E-state index is 0.0911. The predicted molar refractivity (Wildman–Crippen MR) is 78.2 cm³/mol. The van der Waals surface area contributed by atoms with Crippen LogP contribution in [0.5, 0.6) is 0 Å². The Bertz CT molecular complexity index is 401. The SMILES string of the molecule is C#CCCC1(CCC(=O)NCC(C)N2CCCC2)N=N1. The van der Waals surface area contributed by atoms with Gasteiger partial charge in [-0.3, -0.25) is 9.69 Å². The second kappa shape index (κ2) is 6.85. The van der Waals surface area contributed by atoms with Crippen LogP contribution in [-0.2, 0) is 4.79 Å². The van der Waals surface area contributed by atoms with E-state index in [1.54, 1.807) is 0 Å². The van der Waals surface area contributed by atoms with Crippen LogP contribution in [0.15, 0.2) is 10.2 Å². The molecule has 1 fully saturated rings. The smallest absolute Gasteiger partial charge is 0.220 e. The number of hydrogen-bond donors (Lipinski definition) is 1. The number of carbonyl (C=O) groups is 1. The Hall–Kier alpha value is -1.41. The molecular weight excluding hydrogens is 252 g/mol.